The van der Waals surface area contributed by atoms with Gasteiger partial charge in [0.15, 0.2) is 0 Å². The van der Waals surface area contributed by atoms with E-state index in [-0.39, 0.29) is 17.9 Å². The fraction of sp³-hybridized carbons (Fsp3) is 0.316. The highest BCUT2D eigenvalue weighted by Crippen LogP contribution is 2.24. The fourth-order valence-electron chi connectivity index (χ4n) is 2.49. The number of carbonyl (C=O) groups is 1. The standard InChI is InChI=1S/C19H21ClO4/c1-12(2)16-6-5-15(10-13(16)3)23-8-9-24-18-7-4-14(20)11-17(18)19(21)22/h4-7,10-12H,8-9H2,1-3H3,(H,21,22). The summed E-state index contributed by atoms with van der Waals surface area (Å²) < 4.78 is 11.2. The Morgan fingerprint density at radius 1 is 1.12 bits per heavy atom. The van der Waals surface area contributed by atoms with E-state index in [0.717, 1.165) is 5.75 Å². The van der Waals surface area contributed by atoms with Crippen molar-refractivity contribution in [1.82, 2.24) is 0 Å². The average molecular weight is 349 g/mol. The number of carboxylic acid groups (broad SMARTS) is 1. The first-order valence-electron chi connectivity index (χ1n) is 7.77. The summed E-state index contributed by atoms with van der Waals surface area (Å²) in [7, 11) is 0. The highest BCUT2D eigenvalue weighted by atomic mass is 35.5. The van der Waals surface area contributed by atoms with E-state index in [4.69, 9.17) is 26.2 Å². The molecule has 0 unspecified atom stereocenters. The summed E-state index contributed by atoms with van der Waals surface area (Å²) in [5, 5.41) is 9.51. The Hall–Kier alpha value is -2.20. The van der Waals surface area contributed by atoms with E-state index >= 15 is 0 Å². The molecule has 0 spiro atoms. The van der Waals surface area contributed by atoms with Crippen molar-refractivity contribution < 1.29 is 19.4 Å². The maximum atomic E-state index is 11.2. The molecule has 2 aromatic rings. The molecule has 0 radical (unpaired) electrons. The summed E-state index contributed by atoms with van der Waals surface area (Å²) in [6.45, 7) is 6.94. The largest absolute Gasteiger partial charge is 0.490 e. The predicted octanol–water partition coefficient (Wildman–Crippen LogP) is 4.93. The molecule has 0 aromatic heterocycles. The van der Waals surface area contributed by atoms with Gasteiger partial charge in [-0.05, 0) is 54.3 Å². The third-order valence-corrected chi connectivity index (χ3v) is 3.88. The Labute approximate surface area is 147 Å². The lowest BCUT2D eigenvalue weighted by Gasteiger charge is -2.13. The van der Waals surface area contributed by atoms with Gasteiger partial charge < -0.3 is 14.6 Å². The molecular weight excluding hydrogens is 328 g/mol. The lowest BCUT2D eigenvalue weighted by Crippen LogP contribution is -2.11. The van der Waals surface area contributed by atoms with Gasteiger partial charge in [-0.3, -0.25) is 0 Å². The summed E-state index contributed by atoms with van der Waals surface area (Å²) in [5.41, 5.74) is 2.53. The second-order valence-electron chi connectivity index (χ2n) is 5.82. The number of ether oxygens (including phenoxy) is 2. The second-order valence-corrected chi connectivity index (χ2v) is 6.25. The molecule has 128 valence electrons. The van der Waals surface area contributed by atoms with Crippen molar-refractivity contribution in [3.05, 3.63) is 58.1 Å². The molecule has 0 aliphatic carbocycles. The Morgan fingerprint density at radius 2 is 1.83 bits per heavy atom. The SMILES string of the molecule is Cc1cc(OCCOc2ccc(Cl)cc2C(=O)O)ccc1C(C)C. The number of aryl methyl sites for hydroxylation is 1. The third-order valence-electron chi connectivity index (χ3n) is 3.64. The van der Waals surface area contributed by atoms with Crippen LogP contribution >= 0.6 is 11.6 Å². The molecule has 1 N–H and O–H groups in total. The smallest absolute Gasteiger partial charge is 0.339 e. The highest BCUT2D eigenvalue weighted by Gasteiger charge is 2.12. The molecule has 0 atom stereocenters. The Morgan fingerprint density at radius 3 is 2.46 bits per heavy atom. The van der Waals surface area contributed by atoms with Gasteiger partial charge in [-0.2, -0.15) is 0 Å². The number of aromatic carboxylic acids is 1. The van der Waals surface area contributed by atoms with Gasteiger partial charge in [-0.25, -0.2) is 4.79 Å². The van der Waals surface area contributed by atoms with Crippen molar-refractivity contribution >= 4 is 17.6 Å². The summed E-state index contributed by atoms with van der Waals surface area (Å²) >= 11 is 5.81. The molecule has 5 heteroatoms. The Balaban J connectivity index is 1.92. The minimum absolute atomic E-state index is 0.0413. The maximum Gasteiger partial charge on any atom is 0.339 e. The molecule has 2 rings (SSSR count). The third kappa shape index (κ3) is 4.65. The van der Waals surface area contributed by atoms with Crippen molar-refractivity contribution in [2.24, 2.45) is 0 Å². The topological polar surface area (TPSA) is 55.8 Å². The van der Waals surface area contributed by atoms with Crippen LogP contribution < -0.4 is 9.47 Å². The van der Waals surface area contributed by atoms with Crippen molar-refractivity contribution in [2.45, 2.75) is 26.7 Å². The molecular formula is C19H21ClO4. The molecule has 4 nitrogen and oxygen atoms in total. The number of hydrogen-bond donors (Lipinski definition) is 1. The van der Waals surface area contributed by atoms with E-state index in [2.05, 4.69) is 26.8 Å². The maximum absolute atomic E-state index is 11.2. The molecule has 0 bridgehead atoms. The summed E-state index contributed by atoms with van der Waals surface area (Å²) in [5.74, 6) is 0.451. The van der Waals surface area contributed by atoms with E-state index in [1.54, 1.807) is 12.1 Å². The van der Waals surface area contributed by atoms with E-state index in [0.29, 0.717) is 17.5 Å². The van der Waals surface area contributed by atoms with Gasteiger partial charge in [0.2, 0.25) is 0 Å². The monoisotopic (exact) mass is 348 g/mol. The average Bonchev–Trinajstić information content (AvgIpc) is 2.52. The summed E-state index contributed by atoms with van der Waals surface area (Å²) in [6.07, 6.45) is 0. The van der Waals surface area contributed by atoms with Gasteiger partial charge >= 0.3 is 5.97 Å². The predicted molar refractivity (Wildman–Crippen MR) is 94.7 cm³/mol. The van der Waals surface area contributed by atoms with Crippen molar-refractivity contribution in [3.8, 4) is 11.5 Å². The first-order valence-corrected chi connectivity index (χ1v) is 8.15. The molecule has 0 aliphatic heterocycles. The van der Waals surface area contributed by atoms with Crippen LogP contribution in [0.25, 0.3) is 0 Å². The molecule has 24 heavy (non-hydrogen) atoms. The zero-order chi connectivity index (χ0) is 17.7. The minimum atomic E-state index is -1.08. The molecule has 0 saturated carbocycles. The van der Waals surface area contributed by atoms with Crippen LogP contribution in [0.2, 0.25) is 5.02 Å². The van der Waals surface area contributed by atoms with Gasteiger partial charge in [-0.1, -0.05) is 31.5 Å². The number of benzene rings is 2. The minimum Gasteiger partial charge on any atom is -0.490 e. The van der Waals surface area contributed by atoms with Gasteiger partial charge in [0.25, 0.3) is 0 Å². The zero-order valence-electron chi connectivity index (χ0n) is 14.0. The van der Waals surface area contributed by atoms with Crippen LogP contribution in [0.3, 0.4) is 0 Å². The number of rotatable bonds is 7. The van der Waals surface area contributed by atoms with Gasteiger partial charge in [-0.15, -0.1) is 0 Å². The molecule has 0 heterocycles. The quantitative estimate of drug-likeness (QED) is 0.721. The van der Waals surface area contributed by atoms with Crippen molar-refractivity contribution in [2.75, 3.05) is 13.2 Å². The van der Waals surface area contributed by atoms with Crippen LogP contribution in [0.4, 0.5) is 0 Å². The summed E-state index contributed by atoms with van der Waals surface area (Å²) in [4.78, 5) is 11.2. The fourth-order valence-corrected chi connectivity index (χ4v) is 2.66. The normalized spacial score (nSPS) is 10.7. The van der Waals surface area contributed by atoms with Crippen LogP contribution in [0.5, 0.6) is 11.5 Å². The zero-order valence-corrected chi connectivity index (χ0v) is 14.8. The number of halogens is 1. The lowest BCUT2D eigenvalue weighted by atomic mass is 9.98. The van der Waals surface area contributed by atoms with Crippen LogP contribution in [0, 0.1) is 6.92 Å². The van der Waals surface area contributed by atoms with E-state index in [1.165, 1.54) is 17.2 Å². The molecule has 0 aliphatic rings. The van der Waals surface area contributed by atoms with E-state index < -0.39 is 5.97 Å². The van der Waals surface area contributed by atoms with Crippen LogP contribution in [0.1, 0.15) is 41.3 Å². The van der Waals surface area contributed by atoms with E-state index in [1.807, 2.05) is 12.1 Å². The van der Waals surface area contributed by atoms with Gasteiger partial charge in [0.1, 0.15) is 30.3 Å². The van der Waals surface area contributed by atoms with Crippen LogP contribution in [0.15, 0.2) is 36.4 Å². The molecule has 2 aromatic carbocycles. The van der Waals surface area contributed by atoms with E-state index in [9.17, 15) is 4.79 Å². The van der Waals surface area contributed by atoms with Crippen molar-refractivity contribution in [3.63, 3.8) is 0 Å². The van der Waals surface area contributed by atoms with Gasteiger partial charge in [0.05, 0.1) is 0 Å². The van der Waals surface area contributed by atoms with Gasteiger partial charge in [0, 0.05) is 5.02 Å². The Kier molecular flexibility index (Phi) is 6.10. The highest BCUT2D eigenvalue weighted by molar-refractivity contribution is 6.31. The first kappa shape index (κ1) is 18.1. The van der Waals surface area contributed by atoms with Crippen LogP contribution in [-0.2, 0) is 0 Å². The first-order chi connectivity index (χ1) is 11.4. The van der Waals surface area contributed by atoms with Crippen molar-refractivity contribution in [1.29, 1.82) is 0 Å². The molecule has 0 amide bonds. The second kappa shape index (κ2) is 8.06. The van der Waals surface area contributed by atoms with Crippen LogP contribution in [-0.4, -0.2) is 24.3 Å². The molecule has 0 fully saturated rings. The number of hydrogen-bond acceptors (Lipinski definition) is 3. The summed E-state index contributed by atoms with van der Waals surface area (Å²) in [6, 6.07) is 10.5. The molecule has 0 saturated heterocycles. The Bertz CT molecular complexity index is 725. The lowest BCUT2D eigenvalue weighted by molar-refractivity contribution is 0.0691. The number of carboxylic acids is 1.